The molecule has 2 aliphatic heterocycles. The molecule has 36 heavy (non-hydrogen) atoms. The van der Waals surface area contributed by atoms with Gasteiger partial charge < -0.3 is 14.6 Å². The zero-order valence-corrected chi connectivity index (χ0v) is 21.6. The lowest BCUT2D eigenvalue weighted by molar-refractivity contribution is -0.143. The number of phenols is 1. The molecule has 0 radical (unpaired) electrons. The Morgan fingerprint density at radius 1 is 1.17 bits per heavy atom. The van der Waals surface area contributed by atoms with E-state index in [2.05, 4.69) is 13.0 Å². The minimum absolute atomic E-state index is 0.0240. The molecule has 2 aliphatic carbocycles. The van der Waals surface area contributed by atoms with Crippen LogP contribution in [0.1, 0.15) is 70.3 Å². The zero-order chi connectivity index (χ0) is 25.2. The van der Waals surface area contributed by atoms with Crippen LogP contribution in [0.15, 0.2) is 41.0 Å². The maximum atomic E-state index is 13.7. The molecular weight excluding hydrogens is 454 g/mol. The molecule has 5 rings (SSSR count). The number of hydrogen-bond acceptors (Lipinski definition) is 5. The minimum Gasteiger partial charge on any atom is -0.508 e. The molecular formula is C30H39NO5. The van der Waals surface area contributed by atoms with Crippen LogP contribution < -0.4 is 0 Å². The molecule has 0 spiro atoms. The number of rotatable bonds is 8. The van der Waals surface area contributed by atoms with Crippen molar-refractivity contribution in [2.45, 2.75) is 76.9 Å². The lowest BCUT2D eigenvalue weighted by Gasteiger charge is -2.31. The fourth-order valence-electron chi connectivity index (χ4n) is 7.02. The van der Waals surface area contributed by atoms with Crippen LogP contribution in [0, 0.1) is 17.8 Å². The number of amides is 2. The van der Waals surface area contributed by atoms with Gasteiger partial charge in [-0.3, -0.25) is 14.5 Å². The molecule has 1 aromatic rings. The first-order chi connectivity index (χ1) is 17.5. The fourth-order valence-corrected chi connectivity index (χ4v) is 7.02. The van der Waals surface area contributed by atoms with E-state index in [1.807, 2.05) is 12.1 Å². The largest absolute Gasteiger partial charge is 0.508 e. The van der Waals surface area contributed by atoms with Crippen LogP contribution >= 0.6 is 0 Å². The molecule has 0 bridgehead atoms. The van der Waals surface area contributed by atoms with Crippen LogP contribution in [0.3, 0.4) is 0 Å². The van der Waals surface area contributed by atoms with Gasteiger partial charge in [0.15, 0.2) is 0 Å². The molecule has 1 N–H and O–H groups in total. The van der Waals surface area contributed by atoms with Gasteiger partial charge in [-0.1, -0.05) is 50.0 Å². The van der Waals surface area contributed by atoms with Crippen molar-refractivity contribution >= 4 is 17.9 Å². The number of aromatic hydroxyl groups is 1. The second-order valence-corrected chi connectivity index (χ2v) is 10.9. The topological polar surface area (TPSA) is 76.1 Å². The second kappa shape index (κ2) is 10.9. The highest BCUT2D eigenvalue weighted by molar-refractivity contribution is 6.06. The Hall–Kier alpha value is -2.44. The van der Waals surface area contributed by atoms with Crippen LogP contribution in [-0.2, 0) is 19.1 Å². The Kier molecular flexibility index (Phi) is 7.63. The Labute approximate surface area is 214 Å². The van der Waals surface area contributed by atoms with Crippen molar-refractivity contribution < 1.29 is 24.2 Å². The highest BCUT2D eigenvalue weighted by Crippen LogP contribution is 2.50. The van der Waals surface area contributed by atoms with E-state index in [4.69, 9.17) is 9.47 Å². The van der Waals surface area contributed by atoms with Crippen molar-refractivity contribution in [3.8, 4) is 5.75 Å². The number of carbonyl (C=O) groups excluding carboxylic acids is 2. The van der Waals surface area contributed by atoms with Gasteiger partial charge in [0.05, 0.1) is 31.2 Å². The number of imide groups is 1. The normalized spacial score (nSPS) is 29.2. The van der Waals surface area contributed by atoms with E-state index >= 15 is 0 Å². The molecule has 2 heterocycles. The molecule has 194 valence electrons. The molecule has 4 aliphatic rings. The molecule has 1 saturated carbocycles. The zero-order valence-electron chi connectivity index (χ0n) is 21.6. The lowest BCUT2D eigenvalue weighted by Crippen LogP contribution is -2.42. The number of allylic oxidation sites excluding steroid dienone is 1. The number of phenolic OH excluding ortho intramolecular Hbond substituents is 1. The number of hydrogen-bond donors (Lipinski definition) is 1. The molecule has 2 saturated heterocycles. The van der Waals surface area contributed by atoms with E-state index in [9.17, 15) is 14.7 Å². The molecule has 3 fully saturated rings. The predicted octanol–water partition coefficient (Wildman–Crippen LogP) is 5.26. The van der Waals surface area contributed by atoms with Crippen molar-refractivity contribution in [2.75, 3.05) is 20.3 Å². The van der Waals surface area contributed by atoms with Crippen LogP contribution in [-0.4, -0.2) is 54.3 Å². The summed E-state index contributed by atoms with van der Waals surface area (Å²) >= 11 is 0. The van der Waals surface area contributed by atoms with Crippen LogP contribution in [0.5, 0.6) is 5.75 Å². The minimum atomic E-state index is -0.284. The molecule has 1 aromatic carbocycles. The third-order valence-corrected chi connectivity index (χ3v) is 8.72. The van der Waals surface area contributed by atoms with Gasteiger partial charge in [0, 0.05) is 19.1 Å². The van der Waals surface area contributed by atoms with Gasteiger partial charge in [-0.25, -0.2) is 0 Å². The summed E-state index contributed by atoms with van der Waals surface area (Å²) in [6, 6.07) is 7.39. The monoisotopic (exact) mass is 493 g/mol. The number of methoxy groups -OCH3 is 1. The van der Waals surface area contributed by atoms with Crippen molar-refractivity contribution in [2.24, 2.45) is 17.8 Å². The van der Waals surface area contributed by atoms with Crippen molar-refractivity contribution in [3.05, 3.63) is 46.5 Å². The van der Waals surface area contributed by atoms with Crippen molar-refractivity contribution in [1.82, 2.24) is 4.90 Å². The van der Waals surface area contributed by atoms with Gasteiger partial charge >= 0.3 is 0 Å². The van der Waals surface area contributed by atoms with E-state index < -0.39 is 0 Å². The number of likely N-dealkylation sites (tertiary alicyclic amines) is 1. The van der Waals surface area contributed by atoms with E-state index in [-0.39, 0.29) is 47.5 Å². The number of fused-ring (bicyclic) bond motifs is 3. The summed E-state index contributed by atoms with van der Waals surface area (Å²) in [6.07, 6.45) is 10.6. The lowest BCUT2D eigenvalue weighted by atomic mass is 9.69. The third kappa shape index (κ3) is 4.78. The van der Waals surface area contributed by atoms with Crippen LogP contribution in [0.25, 0.3) is 6.08 Å². The number of ether oxygens (including phenoxy) is 2. The summed E-state index contributed by atoms with van der Waals surface area (Å²) < 4.78 is 11.9. The van der Waals surface area contributed by atoms with Crippen molar-refractivity contribution in [3.63, 3.8) is 0 Å². The van der Waals surface area contributed by atoms with Gasteiger partial charge in [-0.15, -0.1) is 0 Å². The summed E-state index contributed by atoms with van der Waals surface area (Å²) in [7, 11) is 1.70. The molecule has 6 nitrogen and oxygen atoms in total. The third-order valence-electron chi connectivity index (χ3n) is 8.72. The molecule has 6 heteroatoms. The molecule has 0 unspecified atom stereocenters. The average molecular weight is 494 g/mol. The molecule has 2 amide bonds. The second-order valence-electron chi connectivity index (χ2n) is 10.9. The molecule has 0 aromatic heterocycles. The first-order valence-electron chi connectivity index (χ1n) is 13.7. The Morgan fingerprint density at radius 3 is 2.69 bits per heavy atom. The highest BCUT2D eigenvalue weighted by Gasteiger charge is 2.58. The van der Waals surface area contributed by atoms with E-state index in [0.29, 0.717) is 19.6 Å². The first-order valence-corrected chi connectivity index (χ1v) is 13.7. The summed E-state index contributed by atoms with van der Waals surface area (Å²) in [5.41, 5.74) is 4.67. The maximum absolute atomic E-state index is 13.7. The SMILES string of the molecule is CC/C(=C\c1cccc(O)c1)CC[C@H]1OC[C@H]2C1=C(COC)C[C@H]1C(=O)N(C3CCCCC3)C(=O)[C@H]12. The van der Waals surface area contributed by atoms with Crippen LogP contribution in [0.4, 0.5) is 0 Å². The van der Waals surface area contributed by atoms with Crippen molar-refractivity contribution in [1.29, 1.82) is 0 Å². The van der Waals surface area contributed by atoms with Gasteiger partial charge in [0.2, 0.25) is 11.8 Å². The number of nitrogens with zero attached hydrogens (tertiary/aromatic N) is 1. The summed E-state index contributed by atoms with van der Waals surface area (Å²) in [6.45, 7) is 3.14. The van der Waals surface area contributed by atoms with E-state index in [1.165, 1.54) is 17.6 Å². The first kappa shape index (κ1) is 25.2. The van der Waals surface area contributed by atoms with Gasteiger partial charge in [0.25, 0.3) is 0 Å². The Bertz CT molecular complexity index is 1050. The average Bonchev–Trinajstić information content (AvgIpc) is 3.41. The summed E-state index contributed by atoms with van der Waals surface area (Å²) in [4.78, 5) is 28.8. The maximum Gasteiger partial charge on any atom is 0.234 e. The summed E-state index contributed by atoms with van der Waals surface area (Å²) in [5, 5.41) is 9.80. The smallest absolute Gasteiger partial charge is 0.234 e. The van der Waals surface area contributed by atoms with Crippen LogP contribution in [0.2, 0.25) is 0 Å². The number of carbonyl (C=O) groups is 2. The van der Waals surface area contributed by atoms with E-state index in [1.54, 1.807) is 24.1 Å². The predicted molar refractivity (Wildman–Crippen MR) is 138 cm³/mol. The quantitative estimate of drug-likeness (QED) is 0.395. The Balaban J connectivity index is 1.35. The summed E-state index contributed by atoms with van der Waals surface area (Å²) in [5.74, 6) is -0.228. The fraction of sp³-hybridized carbons (Fsp3) is 0.600. The van der Waals surface area contributed by atoms with Gasteiger partial charge in [-0.05, 0) is 67.4 Å². The number of benzene rings is 1. The van der Waals surface area contributed by atoms with E-state index in [0.717, 1.165) is 56.1 Å². The standard InChI is InChI=1S/C30H39NO5/c1-3-19(14-20-8-7-11-23(32)15-20)12-13-26-27-21(17-35-2)16-24-28(25(27)18-36-26)30(34)31(29(24)33)22-9-5-4-6-10-22/h7-8,11,14-15,22,24-26,28,32H,3-6,9-10,12-13,16-18H2,1-2H3/b19-14+/t24-,25+,26-,28-/m1/s1. The highest BCUT2D eigenvalue weighted by atomic mass is 16.5. The van der Waals surface area contributed by atoms with Gasteiger partial charge in [0.1, 0.15) is 5.75 Å². The Morgan fingerprint density at radius 2 is 1.97 bits per heavy atom. The van der Waals surface area contributed by atoms with Gasteiger partial charge in [-0.2, -0.15) is 0 Å². The molecule has 4 atom stereocenters.